The number of imidazole rings is 1. The van der Waals surface area contributed by atoms with Gasteiger partial charge >= 0.3 is 6.09 Å². The summed E-state index contributed by atoms with van der Waals surface area (Å²) in [5.41, 5.74) is -1.11. The molecule has 19 heavy (non-hydrogen) atoms. The summed E-state index contributed by atoms with van der Waals surface area (Å²) in [5.74, 6) is 0. The van der Waals surface area contributed by atoms with Crippen molar-refractivity contribution >= 4 is 12.4 Å². The summed E-state index contributed by atoms with van der Waals surface area (Å²) in [6.45, 7) is 6.99. The van der Waals surface area contributed by atoms with Crippen molar-refractivity contribution in [2.75, 3.05) is 7.05 Å². The minimum absolute atomic E-state index is 0.552. The predicted molar refractivity (Wildman–Crippen MR) is 70.6 cm³/mol. The van der Waals surface area contributed by atoms with Crippen LogP contribution in [0.5, 0.6) is 0 Å². The number of aromatic nitrogens is 2. The van der Waals surface area contributed by atoms with Crippen molar-refractivity contribution in [1.29, 1.82) is 0 Å². The van der Waals surface area contributed by atoms with E-state index in [0.717, 1.165) is 0 Å². The number of rotatable bonds is 3. The van der Waals surface area contributed by atoms with Gasteiger partial charge in [0.05, 0.1) is 18.2 Å². The molecular formula is C13H21N3O3. The van der Waals surface area contributed by atoms with Crippen LogP contribution in [0, 0.1) is 0 Å². The molecule has 1 atom stereocenters. The van der Waals surface area contributed by atoms with Crippen LogP contribution in [0.2, 0.25) is 0 Å². The second-order valence-corrected chi connectivity index (χ2v) is 5.69. The SMILES string of the molecule is CN(C(=O)OC(C)(C)C)C(C)(C=O)c1cncn1C. The minimum Gasteiger partial charge on any atom is -0.444 e. The van der Waals surface area contributed by atoms with Gasteiger partial charge in [-0.05, 0) is 27.7 Å². The van der Waals surface area contributed by atoms with Crippen LogP contribution in [0.3, 0.4) is 0 Å². The van der Waals surface area contributed by atoms with Gasteiger partial charge < -0.3 is 14.1 Å². The monoisotopic (exact) mass is 267 g/mol. The van der Waals surface area contributed by atoms with Crippen molar-refractivity contribution < 1.29 is 14.3 Å². The Morgan fingerprint density at radius 3 is 2.37 bits per heavy atom. The molecule has 1 rings (SSSR count). The standard InChI is InChI=1S/C13H21N3O3/c1-12(2,3)19-11(18)16(6)13(4,8-17)10-7-14-9-15(10)5/h7-9H,1-6H3. The van der Waals surface area contributed by atoms with Gasteiger partial charge in [0.1, 0.15) is 11.1 Å². The van der Waals surface area contributed by atoms with Gasteiger partial charge in [0.25, 0.3) is 0 Å². The number of likely N-dealkylation sites (N-methyl/N-ethyl adjacent to an activating group) is 1. The summed E-state index contributed by atoms with van der Waals surface area (Å²) < 4.78 is 6.99. The minimum atomic E-state index is -1.12. The maximum atomic E-state index is 12.1. The summed E-state index contributed by atoms with van der Waals surface area (Å²) in [7, 11) is 3.31. The molecule has 6 heteroatoms. The lowest BCUT2D eigenvalue weighted by atomic mass is 9.99. The fourth-order valence-electron chi connectivity index (χ4n) is 1.68. The van der Waals surface area contributed by atoms with Crippen LogP contribution in [-0.2, 0) is 22.1 Å². The molecule has 1 aromatic rings. The summed E-state index contributed by atoms with van der Waals surface area (Å²) >= 11 is 0. The molecule has 0 aromatic carbocycles. The average molecular weight is 267 g/mol. The zero-order valence-corrected chi connectivity index (χ0v) is 12.3. The predicted octanol–water partition coefficient (Wildman–Crippen LogP) is 1.70. The third-order valence-electron chi connectivity index (χ3n) is 2.93. The number of aldehydes is 1. The van der Waals surface area contributed by atoms with Gasteiger partial charge in [0.2, 0.25) is 0 Å². The smallest absolute Gasteiger partial charge is 0.411 e. The molecule has 0 spiro atoms. The highest BCUT2D eigenvalue weighted by Gasteiger charge is 2.38. The number of ether oxygens (including phenoxy) is 1. The van der Waals surface area contributed by atoms with E-state index in [-0.39, 0.29) is 0 Å². The van der Waals surface area contributed by atoms with Crippen LogP contribution in [0.15, 0.2) is 12.5 Å². The maximum Gasteiger partial charge on any atom is 0.411 e. The molecule has 0 saturated heterocycles. The van der Waals surface area contributed by atoms with E-state index in [0.29, 0.717) is 12.0 Å². The third-order valence-corrected chi connectivity index (χ3v) is 2.93. The molecule has 6 nitrogen and oxygen atoms in total. The maximum absolute atomic E-state index is 12.1. The van der Waals surface area contributed by atoms with Crippen molar-refractivity contribution in [3.63, 3.8) is 0 Å². The summed E-state index contributed by atoms with van der Waals surface area (Å²) in [6, 6.07) is 0. The second-order valence-electron chi connectivity index (χ2n) is 5.69. The van der Waals surface area contributed by atoms with Crippen LogP contribution >= 0.6 is 0 Å². The lowest BCUT2D eigenvalue weighted by Crippen LogP contribution is -2.49. The van der Waals surface area contributed by atoms with E-state index in [1.807, 2.05) is 0 Å². The summed E-state index contributed by atoms with van der Waals surface area (Å²) in [5, 5.41) is 0. The first-order valence-corrected chi connectivity index (χ1v) is 6.02. The highest BCUT2D eigenvalue weighted by Crippen LogP contribution is 2.26. The molecule has 0 saturated carbocycles. The highest BCUT2D eigenvalue weighted by molar-refractivity contribution is 5.77. The largest absolute Gasteiger partial charge is 0.444 e. The van der Waals surface area contributed by atoms with Crippen LogP contribution in [0.4, 0.5) is 4.79 Å². The van der Waals surface area contributed by atoms with E-state index in [4.69, 9.17) is 4.74 Å². The molecule has 1 heterocycles. The van der Waals surface area contributed by atoms with E-state index < -0.39 is 17.2 Å². The summed E-state index contributed by atoms with van der Waals surface area (Å²) in [6.07, 6.45) is 3.31. The number of amides is 1. The van der Waals surface area contributed by atoms with Gasteiger partial charge in [-0.25, -0.2) is 9.78 Å². The van der Waals surface area contributed by atoms with Crippen LogP contribution < -0.4 is 0 Å². The molecule has 1 aromatic heterocycles. The third kappa shape index (κ3) is 3.13. The van der Waals surface area contributed by atoms with E-state index in [1.165, 1.54) is 11.9 Å². The Morgan fingerprint density at radius 2 is 2.00 bits per heavy atom. The Balaban J connectivity index is 3.06. The molecule has 0 fully saturated rings. The molecule has 0 aliphatic rings. The van der Waals surface area contributed by atoms with Crippen LogP contribution in [0.1, 0.15) is 33.4 Å². The average Bonchev–Trinajstić information content (AvgIpc) is 2.71. The zero-order valence-electron chi connectivity index (χ0n) is 12.3. The number of aryl methyl sites for hydroxylation is 1. The van der Waals surface area contributed by atoms with Gasteiger partial charge in [-0.15, -0.1) is 0 Å². The molecule has 0 N–H and O–H groups in total. The van der Waals surface area contributed by atoms with Crippen molar-refractivity contribution in [3.8, 4) is 0 Å². The van der Waals surface area contributed by atoms with E-state index >= 15 is 0 Å². The van der Waals surface area contributed by atoms with E-state index in [2.05, 4.69) is 4.98 Å². The lowest BCUT2D eigenvalue weighted by Gasteiger charge is -2.35. The fraction of sp³-hybridized carbons (Fsp3) is 0.615. The number of hydrogen-bond acceptors (Lipinski definition) is 4. The fourth-order valence-corrected chi connectivity index (χ4v) is 1.68. The van der Waals surface area contributed by atoms with Crippen molar-refractivity contribution in [1.82, 2.24) is 14.5 Å². The number of carbonyl (C=O) groups is 2. The van der Waals surface area contributed by atoms with E-state index in [9.17, 15) is 9.59 Å². The first-order chi connectivity index (χ1) is 8.62. The normalized spacial score (nSPS) is 14.6. The topological polar surface area (TPSA) is 64.4 Å². The van der Waals surface area contributed by atoms with Crippen molar-refractivity contribution in [2.45, 2.75) is 38.8 Å². The Kier molecular flexibility index (Phi) is 4.03. The van der Waals surface area contributed by atoms with Crippen molar-refractivity contribution in [2.24, 2.45) is 7.05 Å². The molecule has 0 radical (unpaired) electrons. The Labute approximate surface area is 113 Å². The number of nitrogens with zero attached hydrogens (tertiary/aromatic N) is 3. The molecule has 0 aliphatic carbocycles. The van der Waals surface area contributed by atoms with Gasteiger partial charge in [-0.1, -0.05) is 0 Å². The lowest BCUT2D eigenvalue weighted by molar-refractivity contribution is -0.117. The second kappa shape index (κ2) is 5.03. The molecule has 0 aliphatic heterocycles. The van der Waals surface area contributed by atoms with Gasteiger partial charge in [-0.3, -0.25) is 4.90 Å². The Morgan fingerprint density at radius 1 is 1.42 bits per heavy atom. The number of hydrogen-bond donors (Lipinski definition) is 0. The molecule has 0 bridgehead atoms. The molecule has 106 valence electrons. The first kappa shape index (κ1) is 15.2. The van der Waals surface area contributed by atoms with Gasteiger partial charge in [0.15, 0.2) is 6.29 Å². The molecular weight excluding hydrogens is 246 g/mol. The van der Waals surface area contributed by atoms with E-state index in [1.54, 1.807) is 51.8 Å². The van der Waals surface area contributed by atoms with Crippen LogP contribution in [-0.4, -0.2) is 39.5 Å². The van der Waals surface area contributed by atoms with Gasteiger partial charge in [-0.2, -0.15) is 0 Å². The van der Waals surface area contributed by atoms with Crippen molar-refractivity contribution in [3.05, 3.63) is 18.2 Å². The molecule has 1 unspecified atom stereocenters. The van der Waals surface area contributed by atoms with Crippen LogP contribution in [0.25, 0.3) is 0 Å². The quantitative estimate of drug-likeness (QED) is 0.782. The highest BCUT2D eigenvalue weighted by atomic mass is 16.6. The van der Waals surface area contributed by atoms with Gasteiger partial charge in [0, 0.05) is 14.1 Å². The zero-order chi connectivity index (χ0) is 14.8. The molecule has 1 amide bonds. The number of carbonyl (C=O) groups excluding carboxylic acids is 2. The Bertz CT molecular complexity index is 476. The Hall–Kier alpha value is -1.85. The first-order valence-electron chi connectivity index (χ1n) is 6.02. The summed E-state index contributed by atoms with van der Waals surface area (Å²) in [4.78, 5) is 28.8.